The Labute approximate surface area is 123 Å². The molecule has 0 fully saturated rings. The van der Waals surface area contributed by atoms with E-state index in [-0.39, 0.29) is 0 Å². The molecule has 2 rings (SSSR count). The smallest absolute Gasteiger partial charge is 0.159 e. The predicted octanol–water partition coefficient (Wildman–Crippen LogP) is 4.57. The minimum Gasteiger partial charge on any atom is -0.306 e. The number of hydrogen-bond donors (Lipinski definition) is 1. The van der Waals surface area contributed by atoms with E-state index in [4.69, 9.17) is 0 Å². The lowest BCUT2D eigenvalue weighted by atomic mass is 9.98. The molecule has 0 aliphatic carbocycles. The van der Waals surface area contributed by atoms with E-state index in [1.807, 2.05) is 6.92 Å². The van der Waals surface area contributed by atoms with Crippen molar-refractivity contribution in [1.29, 1.82) is 0 Å². The molecule has 1 nitrogen and oxygen atoms in total. The van der Waals surface area contributed by atoms with E-state index in [9.17, 15) is 13.2 Å². The Hall–Kier alpha value is -1.33. The van der Waals surface area contributed by atoms with Gasteiger partial charge in [-0.15, -0.1) is 0 Å². The average Bonchev–Trinajstić information content (AvgIpc) is 2.42. The van der Waals surface area contributed by atoms with Crippen molar-refractivity contribution in [2.24, 2.45) is 0 Å². The molecule has 2 aromatic carbocycles. The van der Waals surface area contributed by atoms with Crippen LogP contribution in [0.1, 0.15) is 24.1 Å². The zero-order valence-electron chi connectivity index (χ0n) is 10.8. The summed E-state index contributed by atoms with van der Waals surface area (Å²) in [4.78, 5) is 0. The first-order chi connectivity index (χ1) is 9.52. The summed E-state index contributed by atoms with van der Waals surface area (Å²) in [7, 11) is 0. The molecule has 1 N–H and O–H groups in total. The number of rotatable bonds is 4. The molecular weight excluding hydrogens is 331 g/mol. The Bertz CT molecular complexity index is 616. The maximum Gasteiger partial charge on any atom is 0.159 e. The van der Waals surface area contributed by atoms with Crippen molar-refractivity contribution in [3.8, 4) is 0 Å². The standard InChI is InChI=1S/C15H13BrF3N/c1-2-20-15(9-3-5-13(18)14(19)7-9)11-8-10(16)4-6-12(11)17/h3-8,15,20H,2H2,1H3. The average molecular weight is 344 g/mol. The van der Waals surface area contributed by atoms with Gasteiger partial charge in [0.1, 0.15) is 5.82 Å². The van der Waals surface area contributed by atoms with Gasteiger partial charge in [-0.25, -0.2) is 13.2 Å². The van der Waals surface area contributed by atoms with Crippen molar-refractivity contribution in [2.75, 3.05) is 6.54 Å². The SMILES string of the molecule is CCNC(c1ccc(F)c(F)c1)c1cc(Br)ccc1F. The fourth-order valence-electron chi connectivity index (χ4n) is 2.04. The first-order valence-electron chi connectivity index (χ1n) is 6.16. The third-order valence-electron chi connectivity index (χ3n) is 2.95. The van der Waals surface area contributed by atoms with Crippen LogP contribution in [0.25, 0.3) is 0 Å². The van der Waals surface area contributed by atoms with Crippen LogP contribution in [0.2, 0.25) is 0 Å². The van der Waals surface area contributed by atoms with Crippen LogP contribution in [0.3, 0.4) is 0 Å². The van der Waals surface area contributed by atoms with Crippen LogP contribution in [0.4, 0.5) is 13.2 Å². The molecule has 0 radical (unpaired) electrons. The number of halogens is 4. The van der Waals surface area contributed by atoms with Crippen molar-refractivity contribution in [3.63, 3.8) is 0 Å². The van der Waals surface area contributed by atoms with Crippen LogP contribution in [0, 0.1) is 17.5 Å². The highest BCUT2D eigenvalue weighted by Gasteiger charge is 2.18. The summed E-state index contributed by atoms with van der Waals surface area (Å²) in [5, 5.41) is 3.08. The van der Waals surface area contributed by atoms with Gasteiger partial charge < -0.3 is 5.32 Å². The molecule has 1 atom stereocenters. The number of hydrogen-bond acceptors (Lipinski definition) is 1. The second-order valence-electron chi connectivity index (χ2n) is 4.33. The first kappa shape index (κ1) is 15.1. The van der Waals surface area contributed by atoms with Crippen molar-refractivity contribution in [3.05, 3.63) is 69.4 Å². The monoisotopic (exact) mass is 343 g/mol. The lowest BCUT2D eigenvalue weighted by Crippen LogP contribution is -2.23. The van der Waals surface area contributed by atoms with Crippen LogP contribution in [0.15, 0.2) is 40.9 Å². The Morgan fingerprint density at radius 1 is 1.00 bits per heavy atom. The van der Waals surface area contributed by atoms with Gasteiger partial charge in [0, 0.05) is 10.0 Å². The number of benzene rings is 2. The van der Waals surface area contributed by atoms with Crippen LogP contribution in [0.5, 0.6) is 0 Å². The minimum atomic E-state index is -0.944. The third kappa shape index (κ3) is 3.22. The summed E-state index contributed by atoms with van der Waals surface area (Å²) in [6, 6.07) is 7.60. The molecule has 20 heavy (non-hydrogen) atoms. The fraction of sp³-hybridized carbons (Fsp3) is 0.200. The quantitative estimate of drug-likeness (QED) is 0.857. The Morgan fingerprint density at radius 3 is 2.35 bits per heavy atom. The van der Waals surface area contributed by atoms with E-state index in [2.05, 4.69) is 21.2 Å². The van der Waals surface area contributed by atoms with Crippen LogP contribution >= 0.6 is 15.9 Å². The van der Waals surface area contributed by atoms with Gasteiger partial charge in [0.2, 0.25) is 0 Å². The molecule has 0 bridgehead atoms. The Morgan fingerprint density at radius 2 is 1.70 bits per heavy atom. The molecule has 0 aliphatic rings. The molecule has 0 saturated heterocycles. The van der Waals surface area contributed by atoms with Crippen molar-refractivity contribution >= 4 is 15.9 Å². The maximum absolute atomic E-state index is 14.0. The first-order valence-corrected chi connectivity index (χ1v) is 6.95. The highest BCUT2D eigenvalue weighted by molar-refractivity contribution is 9.10. The second kappa shape index (κ2) is 6.41. The summed E-state index contributed by atoms with van der Waals surface area (Å²) >= 11 is 3.29. The summed E-state index contributed by atoms with van der Waals surface area (Å²) in [5.74, 6) is -2.26. The molecular formula is C15H13BrF3N. The van der Waals surface area contributed by atoms with Gasteiger partial charge in [0.15, 0.2) is 11.6 Å². The van der Waals surface area contributed by atoms with E-state index in [1.54, 1.807) is 12.1 Å². The number of nitrogens with one attached hydrogen (secondary N) is 1. The topological polar surface area (TPSA) is 12.0 Å². The van der Waals surface area contributed by atoms with E-state index in [1.165, 1.54) is 12.1 Å². The maximum atomic E-state index is 14.0. The minimum absolute atomic E-state index is 0.382. The molecule has 2 aromatic rings. The van der Waals surface area contributed by atoms with E-state index in [0.29, 0.717) is 17.7 Å². The molecule has 0 aliphatic heterocycles. The van der Waals surface area contributed by atoms with E-state index >= 15 is 0 Å². The van der Waals surface area contributed by atoms with Crippen molar-refractivity contribution < 1.29 is 13.2 Å². The van der Waals surface area contributed by atoms with Gasteiger partial charge in [-0.1, -0.05) is 28.9 Å². The van der Waals surface area contributed by atoms with Gasteiger partial charge in [0.25, 0.3) is 0 Å². The zero-order valence-corrected chi connectivity index (χ0v) is 12.3. The fourth-order valence-corrected chi connectivity index (χ4v) is 2.42. The summed E-state index contributed by atoms with van der Waals surface area (Å²) in [5.41, 5.74) is 0.856. The lowest BCUT2D eigenvalue weighted by Gasteiger charge is -2.20. The molecule has 0 saturated carbocycles. The highest BCUT2D eigenvalue weighted by Crippen LogP contribution is 2.28. The van der Waals surface area contributed by atoms with Gasteiger partial charge in [-0.05, 0) is 42.4 Å². The summed E-state index contributed by atoms with van der Waals surface area (Å²) in [6.07, 6.45) is 0. The van der Waals surface area contributed by atoms with Crippen molar-refractivity contribution in [1.82, 2.24) is 5.32 Å². The Kier molecular flexibility index (Phi) is 4.83. The zero-order chi connectivity index (χ0) is 14.7. The van der Waals surface area contributed by atoms with Crippen molar-refractivity contribution in [2.45, 2.75) is 13.0 Å². The molecule has 0 spiro atoms. The van der Waals surface area contributed by atoms with Crippen LogP contribution in [-0.2, 0) is 0 Å². The molecule has 0 aromatic heterocycles. The summed E-state index contributed by atoms with van der Waals surface area (Å²) in [6.45, 7) is 2.43. The van der Waals surface area contributed by atoms with Crippen LogP contribution < -0.4 is 5.32 Å². The second-order valence-corrected chi connectivity index (χ2v) is 5.25. The molecule has 0 heterocycles. The Balaban J connectivity index is 2.49. The predicted molar refractivity (Wildman–Crippen MR) is 76.0 cm³/mol. The molecule has 106 valence electrons. The van der Waals surface area contributed by atoms with Gasteiger partial charge in [-0.2, -0.15) is 0 Å². The van der Waals surface area contributed by atoms with Gasteiger partial charge in [-0.3, -0.25) is 0 Å². The highest BCUT2D eigenvalue weighted by atomic mass is 79.9. The largest absolute Gasteiger partial charge is 0.306 e. The summed E-state index contributed by atoms with van der Waals surface area (Å²) < 4.78 is 41.1. The molecule has 5 heteroatoms. The van der Waals surface area contributed by atoms with Gasteiger partial charge in [0.05, 0.1) is 6.04 Å². The van der Waals surface area contributed by atoms with E-state index < -0.39 is 23.5 Å². The molecule has 1 unspecified atom stereocenters. The lowest BCUT2D eigenvalue weighted by molar-refractivity contribution is 0.502. The third-order valence-corrected chi connectivity index (χ3v) is 3.45. The van der Waals surface area contributed by atoms with Gasteiger partial charge >= 0.3 is 0 Å². The van der Waals surface area contributed by atoms with Crippen LogP contribution in [-0.4, -0.2) is 6.54 Å². The molecule has 0 amide bonds. The normalized spacial score (nSPS) is 12.4. The van der Waals surface area contributed by atoms with E-state index in [0.717, 1.165) is 16.6 Å².